The molecule has 3 aromatic rings. The van der Waals surface area contributed by atoms with Gasteiger partial charge in [-0.15, -0.1) is 11.8 Å². The van der Waals surface area contributed by atoms with Crippen LogP contribution in [-0.4, -0.2) is 22.9 Å². The number of anilines is 2. The second kappa shape index (κ2) is 12.6. The van der Waals surface area contributed by atoms with Gasteiger partial charge in [0, 0.05) is 16.3 Å². The van der Waals surface area contributed by atoms with Crippen LogP contribution < -0.4 is 10.6 Å². The van der Waals surface area contributed by atoms with Crippen molar-refractivity contribution >= 4 is 40.9 Å². The molecule has 2 amide bonds. The third kappa shape index (κ3) is 6.53. The lowest BCUT2D eigenvalue weighted by Crippen LogP contribution is -2.34. The van der Waals surface area contributed by atoms with Crippen molar-refractivity contribution in [2.24, 2.45) is 11.8 Å². The molecule has 196 valence electrons. The topological polar surface area (TPSA) is 95.5 Å². The summed E-state index contributed by atoms with van der Waals surface area (Å²) < 4.78 is 0. The Balaban J connectivity index is 1.50. The molecular weight excluding hydrogens is 496 g/mol. The van der Waals surface area contributed by atoms with Crippen LogP contribution in [0.2, 0.25) is 0 Å². The minimum atomic E-state index is -0.955. The molecule has 7 heteroatoms. The number of carboxylic acid groups (broad SMARTS) is 1. The van der Waals surface area contributed by atoms with Crippen molar-refractivity contribution in [2.45, 2.75) is 43.3 Å². The minimum Gasteiger partial charge on any atom is -0.481 e. The summed E-state index contributed by atoms with van der Waals surface area (Å²) in [6.45, 7) is 4.07. The number of carbonyl (C=O) groups is 3. The predicted octanol–water partition coefficient (Wildman–Crippen LogP) is 6.64. The number of rotatable bonds is 9. The third-order valence-corrected chi connectivity index (χ3v) is 8.06. The van der Waals surface area contributed by atoms with E-state index in [1.165, 1.54) is 11.8 Å². The zero-order valence-electron chi connectivity index (χ0n) is 21.5. The van der Waals surface area contributed by atoms with Gasteiger partial charge in [-0.25, -0.2) is 0 Å². The van der Waals surface area contributed by atoms with E-state index in [9.17, 15) is 19.5 Å². The van der Waals surface area contributed by atoms with Gasteiger partial charge in [0.25, 0.3) is 0 Å². The molecule has 0 aromatic heterocycles. The van der Waals surface area contributed by atoms with Gasteiger partial charge < -0.3 is 15.7 Å². The number of amides is 2. The summed E-state index contributed by atoms with van der Waals surface area (Å²) >= 11 is 1.44. The second-order valence-corrected chi connectivity index (χ2v) is 10.5. The molecule has 1 aliphatic rings. The van der Waals surface area contributed by atoms with Gasteiger partial charge in [-0.1, -0.05) is 67.6 Å². The van der Waals surface area contributed by atoms with Crippen LogP contribution in [0.25, 0.3) is 0 Å². The normalized spacial score (nSPS) is 17.4. The predicted molar refractivity (Wildman–Crippen MR) is 152 cm³/mol. The SMILES string of the molecule is CCc1cccc(C)c1NC(=O)C(Sc1ccc(NC(=O)C2CC=CCC2C(=O)O)cc1)c1ccccc1. The number of nitrogens with one attached hydrogen (secondary N) is 2. The van der Waals surface area contributed by atoms with Gasteiger partial charge in [0.15, 0.2) is 0 Å². The quantitative estimate of drug-likeness (QED) is 0.214. The number of benzene rings is 3. The maximum atomic E-state index is 13.6. The first-order valence-electron chi connectivity index (χ1n) is 12.8. The fraction of sp³-hybridized carbons (Fsp3) is 0.258. The van der Waals surface area contributed by atoms with Gasteiger partial charge in [-0.2, -0.15) is 0 Å². The van der Waals surface area contributed by atoms with Crippen LogP contribution in [0.15, 0.2) is 89.8 Å². The number of para-hydroxylation sites is 1. The maximum Gasteiger partial charge on any atom is 0.307 e. The summed E-state index contributed by atoms with van der Waals surface area (Å²) in [4.78, 5) is 38.8. The number of carbonyl (C=O) groups excluding carboxylic acids is 2. The van der Waals surface area contributed by atoms with E-state index in [0.717, 1.165) is 33.7 Å². The first-order valence-corrected chi connectivity index (χ1v) is 13.6. The Kier molecular flexibility index (Phi) is 9.02. The number of hydrogen-bond donors (Lipinski definition) is 3. The summed E-state index contributed by atoms with van der Waals surface area (Å²) in [7, 11) is 0. The van der Waals surface area contributed by atoms with Gasteiger partial charge in [-0.05, 0) is 67.1 Å². The van der Waals surface area contributed by atoms with Crippen LogP contribution in [0.1, 0.15) is 41.7 Å². The van der Waals surface area contributed by atoms with Gasteiger partial charge in [-0.3, -0.25) is 14.4 Å². The van der Waals surface area contributed by atoms with Crippen molar-refractivity contribution in [3.63, 3.8) is 0 Å². The van der Waals surface area contributed by atoms with Gasteiger partial charge >= 0.3 is 5.97 Å². The van der Waals surface area contributed by atoms with E-state index >= 15 is 0 Å². The molecule has 4 rings (SSSR count). The van der Waals surface area contributed by atoms with Crippen molar-refractivity contribution < 1.29 is 19.5 Å². The molecule has 38 heavy (non-hydrogen) atoms. The Morgan fingerprint density at radius 3 is 2.24 bits per heavy atom. The van der Waals surface area contributed by atoms with Crippen LogP contribution >= 0.6 is 11.8 Å². The van der Waals surface area contributed by atoms with Crippen LogP contribution in [0.5, 0.6) is 0 Å². The summed E-state index contributed by atoms with van der Waals surface area (Å²) in [5.41, 5.74) is 4.45. The average Bonchev–Trinajstić information content (AvgIpc) is 2.94. The highest BCUT2D eigenvalue weighted by molar-refractivity contribution is 8.00. The largest absolute Gasteiger partial charge is 0.481 e. The summed E-state index contributed by atoms with van der Waals surface area (Å²) in [5, 5.41) is 15.0. The average molecular weight is 529 g/mol. The molecule has 0 bridgehead atoms. The molecule has 0 radical (unpaired) electrons. The Morgan fingerprint density at radius 2 is 1.58 bits per heavy atom. The van der Waals surface area contributed by atoms with Crippen LogP contribution in [0.3, 0.4) is 0 Å². The Bertz CT molecular complexity index is 1320. The molecule has 3 N–H and O–H groups in total. The lowest BCUT2D eigenvalue weighted by Gasteiger charge is -2.24. The molecule has 0 fully saturated rings. The molecule has 3 unspecified atom stereocenters. The summed E-state index contributed by atoms with van der Waals surface area (Å²) in [6.07, 6.45) is 5.26. The Labute approximate surface area is 227 Å². The standard InChI is InChI=1S/C31H32N2O4S/c1-3-21-13-9-10-20(2)27(21)33-30(35)28(22-11-5-4-6-12-22)38-24-18-16-23(17-19-24)32-29(34)25-14-7-8-15-26(25)31(36)37/h4-13,16-19,25-26,28H,3,14-15H2,1-2H3,(H,32,34)(H,33,35)(H,36,37). The minimum absolute atomic E-state index is 0.104. The van der Waals surface area contributed by atoms with Crippen LogP contribution in [0.4, 0.5) is 11.4 Å². The summed E-state index contributed by atoms with van der Waals surface area (Å²) in [6, 6.07) is 23.0. The molecule has 3 atom stereocenters. The molecule has 0 saturated carbocycles. The molecule has 0 aliphatic heterocycles. The van der Waals surface area contributed by atoms with Crippen LogP contribution in [0, 0.1) is 18.8 Å². The smallest absolute Gasteiger partial charge is 0.307 e. The van der Waals surface area contributed by atoms with Crippen molar-refractivity contribution in [2.75, 3.05) is 10.6 Å². The molecule has 0 spiro atoms. The van der Waals surface area contributed by atoms with E-state index in [1.807, 2.05) is 79.7 Å². The first kappa shape index (κ1) is 27.2. The summed E-state index contributed by atoms with van der Waals surface area (Å²) in [5.74, 6) is -2.68. The zero-order chi connectivity index (χ0) is 27.1. The fourth-order valence-corrected chi connectivity index (χ4v) is 5.68. The van der Waals surface area contributed by atoms with Crippen molar-refractivity contribution in [1.29, 1.82) is 0 Å². The maximum absolute atomic E-state index is 13.6. The molecular formula is C31H32N2O4S. The monoisotopic (exact) mass is 528 g/mol. The number of thioether (sulfide) groups is 1. The Morgan fingerprint density at radius 1 is 0.895 bits per heavy atom. The highest BCUT2D eigenvalue weighted by Gasteiger charge is 2.34. The number of aliphatic carboxylic acids is 1. The lowest BCUT2D eigenvalue weighted by atomic mass is 9.82. The van der Waals surface area contributed by atoms with Gasteiger partial charge in [0.1, 0.15) is 5.25 Å². The number of allylic oxidation sites excluding steroid dienone is 2. The molecule has 0 saturated heterocycles. The van der Waals surface area contributed by atoms with Gasteiger partial charge in [0.05, 0.1) is 11.8 Å². The van der Waals surface area contributed by atoms with E-state index in [0.29, 0.717) is 18.5 Å². The van der Waals surface area contributed by atoms with Crippen molar-refractivity contribution in [3.8, 4) is 0 Å². The van der Waals surface area contributed by atoms with Crippen molar-refractivity contribution in [1.82, 2.24) is 0 Å². The highest BCUT2D eigenvalue weighted by Crippen LogP contribution is 2.37. The highest BCUT2D eigenvalue weighted by atomic mass is 32.2. The molecule has 3 aromatic carbocycles. The van der Waals surface area contributed by atoms with Crippen molar-refractivity contribution in [3.05, 3.63) is 102 Å². The van der Waals surface area contributed by atoms with Gasteiger partial charge in [0.2, 0.25) is 11.8 Å². The van der Waals surface area contributed by atoms with E-state index in [4.69, 9.17) is 0 Å². The second-order valence-electron chi connectivity index (χ2n) is 9.37. The lowest BCUT2D eigenvalue weighted by molar-refractivity contribution is -0.146. The fourth-order valence-electron chi connectivity index (χ4n) is 4.66. The first-order chi connectivity index (χ1) is 18.4. The number of aryl methyl sites for hydroxylation is 2. The third-order valence-electron chi connectivity index (χ3n) is 6.79. The van der Waals surface area contributed by atoms with E-state index in [-0.39, 0.29) is 11.8 Å². The van der Waals surface area contributed by atoms with E-state index in [2.05, 4.69) is 17.6 Å². The molecule has 1 aliphatic carbocycles. The Hall–Kier alpha value is -3.84. The number of hydrogen-bond acceptors (Lipinski definition) is 4. The molecule has 0 heterocycles. The van der Waals surface area contributed by atoms with E-state index < -0.39 is 23.1 Å². The number of carboxylic acids is 1. The van der Waals surface area contributed by atoms with Crippen LogP contribution in [-0.2, 0) is 20.8 Å². The molecule has 6 nitrogen and oxygen atoms in total. The van der Waals surface area contributed by atoms with E-state index in [1.54, 1.807) is 12.1 Å². The zero-order valence-corrected chi connectivity index (χ0v) is 22.3.